The summed E-state index contributed by atoms with van der Waals surface area (Å²) in [6.07, 6.45) is 2.39. The lowest BCUT2D eigenvalue weighted by atomic mass is 9.94. The van der Waals surface area contributed by atoms with Crippen molar-refractivity contribution in [2.75, 3.05) is 20.1 Å². The SMILES string of the molecule is CN(CCCC(=O)OC(C)(C)C)C(=O)C1CCCN1C(=O)C(C)(C)C. The molecule has 1 fully saturated rings. The average Bonchev–Trinajstić information content (AvgIpc) is 2.91. The Morgan fingerprint density at radius 2 is 1.72 bits per heavy atom. The van der Waals surface area contributed by atoms with E-state index in [4.69, 9.17) is 4.74 Å². The van der Waals surface area contributed by atoms with Gasteiger partial charge in [-0.25, -0.2) is 0 Å². The van der Waals surface area contributed by atoms with Gasteiger partial charge in [-0.2, -0.15) is 0 Å². The minimum absolute atomic E-state index is 0.0190. The third kappa shape index (κ3) is 6.67. The van der Waals surface area contributed by atoms with E-state index >= 15 is 0 Å². The number of nitrogens with zero attached hydrogens (tertiary/aromatic N) is 2. The van der Waals surface area contributed by atoms with Gasteiger partial charge in [0.05, 0.1) is 0 Å². The topological polar surface area (TPSA) is 66.9 Å². The Bertz CT molecular complexity index is 503. The Labute approximate surface area is 151 Å². The summed E-state index contributed by atoms with van der Waals surface area (Å²) in [5.74, 6) is -0.274. The van der Waals surface area contributed by atoms with Crippen LogP contribution in [0.4, 0.5) is 0 Å². The summed E-state index contributed by atoms with van der Waals surface area (Å²) >= 11 is 0. The van der Waals surface area contributed by atoms with Gasteiger partial charge in [0.1, 0.15) is 11.6 Å². The van der Waals surface area contributed by atoms with Crippen molar-refractivity contribution in [3.8, 4) is 0 Å². The highest BCUT2D eigenvalue weighted by Gasteiger charge is 2.39. The van der Waals surface area contributed by atoms with Crippen molar-refractivity contribution in [1.29, 1.82) is 0 Å². The Morgan fingerprint density at radius 3 is 2.24 bits per heavy atom. The lowest BCUT2D eigenvalue weighted by Gasteiger charge is -2.32. The highest BCUT2D eigenvalue weighted by atomic mass is 16.6. The maximum Gasteiger partial charge on any atom is 0.306 e. The summed E-state index contributed by atoms with van der Waals surface area (Å²) in [5.41, 5.74) is -0.978. The quantitative estimate of drug-likeness (QED) is 0.712. The average molecular weight is 354 g/mol. The van der Waals surface area contributed by atoms with E-state index < -0.39 is 11.0 Å². The highest BCUT2D eigenvalue weighted by Crippen LogP contribution is 2.26. The van der Waals surface area contributed by atoms with Crippen LogP contribution < -0.4 is 0 Å². The molecule has 0 aliphatic carbocycles. The molecule has 0 aromatic heterocycles. The minimum Gasteiger partial charge on any atom is -0.460 e. The smallest absolute Gasteiger partial charge is 0.306 e. The first-order valence-electron chi connectivity index (χ1n) is 9.11. The van der Waals surface area contributed by atoms with Gasteiger partial charge in [0.15, 0.2) is 0 Å². The van der Waals surface area contributed by atoms with Gasteiger partial charge in [-0.1, -0.05) is 20.8 Å². The number of carbonyl (C=O) groups excluding carboxylic acids is 3. The van der Waals surface area contributed by atoms with Gasteiger partial charge in [-0.05, 0) is 40.0 Å². The first kappa shape index (κ1) is 21.5. The second kappa shape index (κ2) is 8.19. The summed E-state index contributed by atoms with van der Waals surface area (Å²) in [4.78, 5) is 40.3. The Balaban J connectivity index is 2.53. The van der Waals surface area contributed by atoms with Crippen LogP contribution in [-0.4, -0.2) is 59.4 Å². The van der Waals surface area contributed by atoms with Gasteiger partial charge in [0.25, 0.3) is 0 Å². The molecule has 0 radical (unpaired) electrons. The van der Waals surface area contributed by atoms with Gasteiger partial charge in [-0.15, -0.1) is 0 Å². The molecule has 25 heavy (non-hydrogen) atoms. The molecule has 144 valence electrons. The van der Waals surface area contributed by atoms with Crippen molar-refractivity contribution < 1.29 is 19.1 Å². The molecule has 6 nitrogen and oxygen atoms in total. The lowest BCUT2D eigenvalue weighted by Crippen LogP contribution is -2.49. The molecular weight excluding hydrogens is 320 g/mol. The van der Waals surface area contributed by atoms with Gasteiger partial charge < -0.3 is 14.5 Å². The lowest BCUT2D eigenvalue weighted by molar-refractivity contribution is -0.155. The van der Waals surface area contributed by atoms with Crippen LogP contribution in [0.5, 0.6) is 0 Å². The number of hydrogen-bond donors (Lipinski definition) is 0. The van der Waals surface area contributed by atoms with Crippen molar-refractivity contribution in [3.63, 3.8) is 0 Å². The number of hydrogen-bond acceptors (Lipinski definition) is 4. The summed E-state index contributed by atoms with van der Waals surface area (Å²) in [7, 11) is 1.73. The van der Waals surface area contributed by atoms with Gasteiger partial charge in [0, 0.05) is 32.0 Å². The zero-order valence-corrected chi connectivity index (χ0v) is 16.8. The second-order valence-electron chi connectivity index (χ2n) is 8.86. The number of carbonyl (C=O) groups is 3. The number of likely N-dealkylation sites (tertiary alicyclic amines) is 1. The first-order valence-corrected chi connectivity index (χ1v) is 9.11. The zero-order chi connectivity index (χ0) is 19.4. The molecular formula is C19H34N2O4. The summed E-state index contributed by atoms with van der Waals surface area (Å²) in [5, 5.41) is 0. The Kier molecular flexibility index (Phi) is 7.03. The third-order valence-electron chi connectivity index (χ3n) is 4.11. The highest BCUT2D eigenvalue weighted by molar-refractivity contribution is 5.90. The van der Waals surface area contributed by atoms with Crippen molar-refractivity contribution in [3.05, 3.63) is 0 Å². The van der Waals surface area contributed by atoms with Gasteiger partial charge in [0.2, 0.25) is 11.8 Å². The molecule has 1 aliphatic rings. The molecule has 1 rings (SSSR count). The van der Waals surface area contributed by atoms with Crippen molar-refractivity contribution >= 4 is 17.8 Å². The zero-order valence-electron chi connectivity index (χ0n) is 16.8. The van der Waals surface area contributed by atoms with Crippen LogP contribution in [0.3, 0.4) is 0 Å². The molecule has 2 amide bonds. The van der Waals surface area contributed by atoms with E-state index in [1.165, 1.54) is 0 Å². The van der Waals surface area contributed by atoms with Crippen molar-refractivity contribution in [2.24, 2.45) is 5.41 Å². The standard InChI is InChI=1S/C19H34N2O4/c1-18(2,3)17(24)21-13-8-10-14(21)16(23)20(7)12-9-11-15(22)25-19(4,5)6/h14H,8-13H2,1-7H3. The Hall–Kier alpha value is -1.59. The minimum atomic E-state index is -0.490. The van der Waals surface area contributed by atoms with E-state index in [9.17, 15) is 14.4 Å². The van der Waals surface area contributed by atoms with Gasteiger partial charge >= 0.3 is 5.97 Å². The predicted molar refractivity (Wildman–Crippen MR) is 96.9 cm³/mol. The fraction of sp³-hybridized carbons (Fsp3) is 0.842. The summed E-state index contributed by atoms with van der Waals surface area (Å²) < 4.78 is 5.27. The van der Waals surface area contributed by atoms with E-state index in [2.05, 4.69) is 0 Å². The van der Waals surface area contributed by atoms with E-state index in [0.717, 1.165) is 6.42 Å². The molecule has 1 atom stereocenters. The van der Waals surface area contributed by atoms with Crippen LogP contribution in [-0.2, 0) is 19.1 Å². The third-order valence-corrected chi connectivity index (χ3v) is 4.11. The van der Waals surface area contributed by atoms with E-state index in [1.54, 1.807) is 16.8 Å². The van der Waals surface area contributed by atoms with Crippen LogP contribution in [0.25, 0.3) is 0 Å². The molecule has 0 N–H and O–H groups in total. The molecule has 1 unspecified atom stereocenters. The summed E-state index contributed by atoms with van der Waals surface area (Å²) in [6, 6.07) is -0.377. The molecule has 1 saturated heterocycles. The van der Waals surface area contributed by atoms with Crippen molar-refractivity contribution in [2.45, 2.75) is 78.9 Å². The van der Waals surface area contributed by atoms with Crippen LogP contribution in [0.15, 0.2) is 0 Å². The number of rotatable bonds is 5. The van der Waals surface area contributed by atoms with E-state index in [-0.39, 0.29) is 30.2 Å². The molecule has 0 aromatic carbocycles. The molecule has 1 aliphatic heterocycles. The molecule has 6 heteroatoms. The normalized spacial score (nSPS) is 18.2. The number of likely N-dealkylation sites (N-methyl/N-ethyl adjacent to an activating group) is 1. The van der Waals surface area contributed by atoms with Crippen molar-refractivity contribution in [1.82, 2.24) is 9.80 Å². The molecule has 0 saturated carbocycles. The van der Waals surface area contributed by atoms with E-state index in [0.29, 0.717) is 25.9 Å². The molecule has 0 spiro atoms. The monoisotopic (exact) mass is 354 g/mol. The molecule has 0 bridgehead atoms. The molecule has 0 aromatic rings. The molecule has 1 heterocycles. The maximum absolute atomic E-state index is 12.7. The number of ether oxygens (including phenoxy) is 1. The summed E-state index contributed by atoms with van der Waals surface area (Å²) in [6.45, 7) is 12.2. The van der Waals surface area contributed by atoms with Gasteiger partial charge in [-0.3, -0.25) is 14.4 Å². The fourth-order valence-corrected chi connectivity index (χ4v) is 2.92. The fourth-order valence-electron chi connectivity index (χ4n) is 2.92. The number of esters is 1. The van der Waals surface area contributed by atoms with Crippen LogP contribution in [0, 0.1) is 5.41 Å². The van der Waals surface area contributed by atoms with Crippen LogP contribution in [0.2, 0.25) is 0 Å². The predicted octanol–water partition coefficient (Wildman–Crippen LogP) is 2.60. The Morgan fingerprint density at radius 1 is 1.12 bits per heavy atom. The largest absolute Gasteiger partial charge is 0.460 e. The number of amides is 2. The van der Waals surface area contributed by atoms with E-state index in [1.807, 2.05) is 41.5 Å². The second-order valence-corrected chi connectivity index (χ2v) is 8.86. The maximum atomic E-state index is 12.7. The first-order chi connectivity index (χ1) is 11.3. The van der Waals surface area contributed by atoms with Crippen LogP contribution in [0.1, 0.15) is 67.2 Å². The van der Waals surface area contributed by atoms with Crippen LogP contribution >= 0.6 is 0 Å².